The van der Waals surface area contributed by atoms with E-state index in [1.165, 1.54) is 12.4 Å². The van der Waals surface area contributed by atoms with E-state index < -0.39 is 0 Å². The van der Waals surface area contributed by atoms with Gasteiger partial charge in [-0.1, -0.05) is 0 Å². The summed E-state index contributed by atoms with van der Waals surface area (Å²) in [4.78, 5) is 11.6. The van der Waals surface area contributed by atoms with E-state index in [9.17, 15) is 4.79 Å². The number of hydrogen-bond donors (Lipinski definition) is 2. The minimum Gasteiger partial charge on any atom is -0.396 e. The molecule has 6 nitrogen and oxygen atoms in total. The molecule has 0 saturated heterocycles. The number of carbonyl (C=O) groups excluding carboxylic acids is 1. The van der Waals surface area contributed by atoms with Crippen LogP contribution >= 0.6 is 0 Å². The summed E-state index contributed by atoms with van der Waals surface area (Å²) >= 11 is 0. The minimum absolute atomic E-state index is 0.300. The van der Waals surface area contributed by atoms with Crippen LogP contribution in [0.5, 0.6) is 0 Å². The van der Waals surface area contributed by atoms with Crippen LogP contribution in [0.1, 0.15) is 16.2 Å². The highest BCUT2D eigenvalue weighted by Crippen LogP contribution is 2.03. The molecule has 6 heteroatoms. The molecule has 0 aliphatic rings. The van der Waals surface area contributed by atoms with E-state index >= 15 is 0 Å². The molecule has 0 unspecified atom stereocenters. The number of rotatable bonds is 1. The Morgan fingerprint density at radius 1 is 1.64 bits per heavy atom. The molecule has 2 aromatic heterocycles. The molecule has 72 valence electrons. The predicted octanol–water partition coefficient (Wildman–Crippen LogP) is 0.185. The Hall–Kier alpha value is -2.11. The Labute approximate surface area is 79.7 Å². The van der Waals surface area contributed by atoms with Crippen molar-refractivity contribution in [1.82, 2.24) is 20.0 Å². The zero-order valence-corrected chi connectivity index (χ0v) is 7.56. The van der Waals surface area contributed by atoms with E-state index in [-0.39, 0.29) is 5.91 Å². The molecule has 0 aliphatic heterocycles. The van der Waals surface area contributed by atoms with Crippen LogP contribution in [0.4, 0.5) is 5.69 Å². The normalized spacial score (nSPS) is 10.4. The van der Waals surface area contributed by atoms with Crippen LogP contribution in [-0.2, 0) is 0 Å². The van der Waals surface area contributed by atoms with E-state index in [1.807, 2.05) is 6.92 Å². The van der Waals surface area contributed by atoms with Crippen molar-refractivity contribution < 1.29 is 4.79 Å². The van der Waals surface area contributed by atoms with Gasteiger partial charge in [0.15, 0.2) is 5.69 Å². The smallest absolute Gasteiger partial charge is 0.298 e. The zero-order valence-electron chi connectivity index (χ0n) is 7.56. The van der Waals surface area contributed by atoms with Crippen molar-refractivity contribution in [3.8, 4) is 0 Å². The van der Waals surface area contributed by atoms with E-state index in [1.54, 1.807) is 6.07 Å². The lowest BCUT2D eigenvalue weighted by atomic mass is 10.3. The SMILES string of the molecule is Cc1cc(C(=O)n2cc(N)cn2)n[nH]1. The number of H-pyrrole nitrogens is 1. The number of hydrogen-bond acceptors (Lipinski definition) is 4. The monoisotopic (exact) mass is 191 g/mol. The Morgan fingerprint density at radius 2 is 2.43 bits per heavy atom. The van der Waals surface area contributed by atoms with Gasteiger partial charge in [-0.25, -0.2) is 4.68 Å². The number of aromatic nitrogens is 4. The first-order valence-corrected chi connectivity index (χ1v) is 4.03. The van der Waals surface area contributed by atoms with Crippen LogP contribution in [-0.4, -0.2) is 25.9 Å². The van der Waals surface area contributed by atoms with Crippen molar-refractivity contribution in [2.24, 2.45) is 0 Å². The molecule has 0 saturated carbocycles. The van der Waals surface area contributed by atoms with Gasteiger partial charge in [0, 0.05) is 5.69 Å². The average Bonchev–Trinajstić information content (AvgIpc) is 2.73. The van der Waals surface area contributed by atoms with Crippen LogP contribution in [0.2, 0.25) is 0 Å². The second-order valence-electron chi connectivity index (χ2n) is 2.96. The topological polar surface area (TPSA) is 89.6 Å². The second-order valence-corrected chi connectivity index (χ2v) is 2.96. The lowest BCUT2D eigenvalue weighted by Gasteiger charge is -1.93. The van der Waals surface area contributed by atoms with Crippen LogP contribution in [0, 0.1) is 6.92 Å². The highest BCUT2D eigenvalue weighted by molar-refractivity contribution is 5.93. The Kier molecular flexibility index (Phi) is 1.81. The summed E-state index contributed by atoms with van der Waals surface area (Å²) in [5.74, 6) is -0.300. The maximum absolute atomic E-state index is 11.6. The predicted molar refractivity (Wildman–Crippen MR) is 49.7 cm³/mol. The lowest BCUT2D eigenvalue weighted by molar-refractivity contribution is 0.0940. The van der Waals surface area contributed by atoms with Gasteiger partial charge < -0.3 is 5.73 Å². The number of nitrogens with two attached hydrogens (primary N) is 1. The summed E-state index contributed by atoms with van der Waals surface area (Å²) in [7, 11) is 0. The van der Waals surface area contributed by atoms with Gasteiger partial charge >= 0.3 is 0 Å². The van der Waals surface area contributed by atoms with Crippen molar-refractivity contribution in [3.63, 3.8) is 0 Å². The van der Waals surface area contributed by atoms with Gasteiger partial charge in [0.1, 0.15) is 0 Å². The van der Waals surface area contributed by atoms with E-state index in [0.29, 0.717) is 11.4 Å². The molecular formula is C8H9N5O. The van der Waals surface area contributed by atoms with Crippen LogP contribution < -0.4 is 5.73 Å². The molecule has 0 amide bonds. The van der Waals surface area contributed by atoms with E-state index in [4.69, 9.17) is 5.73 Å². The summed E-state index contributed by atoms with van der Waals surface area (Å²) in [5.41, 5.74) is 7.04. The van der Waals surface area contributed by atoms with Gasteiger partial charge in [0.2, 0.25) is 0 Å². The van der Waals surface area contributed by atoms with Crippen LogP contribution in [0.25, 0.3) is 0 Å². The largest absolute Gasteiger partial charge is 0.396 e. The first-order chi connectivity index (χ1) is 6.66. The molecule has 3 N–H and O–H groups in total. The molecule has 0 atom stereocenters. The van der Waals surface area contributed by atoms with Crippen molar-refractivity contribution in [3.05, 3.63) is 29.8 Å². The van der Waals surface area contributed by atoms with Gasteiger partial charge in [0.05, 0.1) is 18.1 Å². The summed E-state index contributed by atoms with van der Waals surface area (Å²) in [6.45, 7) is 1.82. The number of aromatic amines is 1. The molecule has 2 aromatic rings. The maximum Gasteiger partial charge on any atom is 0.298 e. The van der Waals surface area contributed by atoms with Crippen molar-refractivity contribution in [2.45, 2.75) is 6.92 Å². The third-order valence-electron chi connectivity index (χ3n) is 1.74. The third-order valence-corrected chi connectivity index (χ3v) is 1.74. The molecule has 0 radical (unpaired) electrons. The molecule has 0 aliphatic carbocycles. The number of nitrogens with one attached hydrogen (secondary N) is 1. The molecule has 0 aromatic carbocycles. The molecule has 2 heterocycles. The van der Waals surface area contributed by atoms with Gasteiger partial charge in [-0.15, -0.1) is 0 Å². The maximum atomic E-state index is 11.6. The molecule has 0 fully saturated rings. The molecule has 0 spiro atoms. The Morgan fingerprint density at radius 3 is 2.93 bits per heavy atom. The number of nitrogens with zero attached hydrogens (tertiary/aromatic N) is 3. The zero-order chi connectivity index (χ0) is 10.1. The molecule has 0 bridgehead atoms. The van der Waals surface area contributed by atoms with Gasteiger partial charge in [-0.3, -0.25) is 9.89 Å². The van der Waals surface area contributed by atoms with Gasteiger partial charge in [0.25, 0.3) is 5.91 Å². The number of nitrogen functional groups attached to an aromatic ring is 1. The van der Waals surface area contributed by atoms with Crippen LogP contribution in [0.15, 0.2) is 18.5 Å². The third kappa shape index (κ3) is 1.37. The summed E-state index contributed by atoms with van der Waals surface area (Å²) < 4.78 is 1.16. The molecular weight excluding hydrogens is 182 g/mol. The van der Waals surface area contributed by atoms with Crippen molar-refractivity contribution in [2.75, 3.05) is 5.73 Å². The van der Waals surface area contributed by atoms with Gasteiger partial charge in [-0.2, -0.15) is 10.2 Å². The van der Waals surface area contributed by atoms with E-state index in [0.717, 1.165) is 10.4 Å². The first kappa shape index (κ1) is 8.49. The fraction of sp³-hybridized carbons (Fsp3) is 0.125. The fourth-order valence-electron chi connectivity index (χ4n) is 1.09. The Balaban J connectivity index is 2.33. The minimum atomic E-state index is -0.300. The Bertz CT molecular complexity index is 427. The number of aryl methyl sites for hydroxylation is 1. The lowest BCUT2D eigenvalue weighted by Crippen LogP contribution is -2.12. The fourth-order valence-corrected chi connectivity index (χ4v) is 1.09. The van der Waals surface area contributed by atoms with Gasteiger partial charge in [-0.05, 0) is 13.0 Å². The molecule has 14 heavy (non-hydrogen) atoms. The summed E-state index contributed by atoms with van der Waals surface area (Å²) in [6.07, 6.45) is 2.86. The quantitative estimate of drug-likeness (QED) is 0.673. The second kappa shape index (κ2) is 2.99. The first-order valence-electron chi connectivity index (χ1n) is 4.03. The highest BCUT2D eigenvalue weighted by Gasteiger charge is 2.12. The number of anilines is 1. The van der Waals surface area contributed by atoms with Crippen molar-refractivity contribution in [1.29, 1.82) is 0 Å². The van der Waals surface area contributed by atoms with Crippen LogP contribution in [0.3, 0.4) is 0 Å². The highest BCUT2D eigenvalue weighted by atomic mass is 16.2. The molecule has 2 rings (SSSR count). The summed E-state index contributed by atoms with van der Waals surface area (Å²) in [5, 5.41) is 10.3. The standard InChI is InChI=1S/C8H9N5O/c1-5-2-7(12-11-5)8(14)13-4-6(9)3-10-13/h2-4H,9H2,1H3,(H,11,12). The van der Waals surface area contributed by atoms with Crippen molar-refractivity contribution >= 4 is 11.6 Å². The number of carbonyl (C=O) groups is 1. The summed E-state index contributed by atoms with van der Waals surface area (Å²) in [6, 6.07) is 1.65. The average molecular weight is 191 g/mol. The van der Waals surface area contributed by atoms with E-state index in [2.05, 4.69) is 15.3 Å².